The van der Waals surface area contributed by atoms with Crippen LogP contribution in [0, 0.1) is 24.4 Å². The van der Waals surface area contributed by atoms with Crippen LogP contribution in [0.5, 0.6) is 0 Å². The number of nitrogens with one attached hydrogen (secondary N) is 1. The van der Waals surface area contributed by atoms with Gasteiger partial charge in [-0.05, 0) is 42.8 Å². The summed E-state index contributed by atoms with van der Waals surface area (Å²) in [7, 11) is 0. The average molecular weight is 265 g/mol. The number of hydrogen-bond donors (Lipinski definition) is 1. The van der Waals surface area contributed by atoms with E-state index >= 15 is 0 Å². The molecule has 0 spiro atoms. The topological polar surface area (TPSA) is 29.1 Å². The van der Waals surface area contributed by atoms with Crippen LogP contribution in [0.1, 0.15) is 15.9 Å². The highest BCUT2D eigenvalue weighted by Gasteiger charge is 2.17. The van der Waals surface area contributed by atoms with Crippen LogP contribution < -0.4 is 5.32 Å². The zero-order valence-corrected chi connectivity index (χ0v) is 10.0. The molecule has 2 aromatic rings. The molecule has 98 valence electrons. The van der Waals surface area contributed by atoms with Gasteiger partial charge < -0.3 is 5.32 Å². The minimum atomic E-state index is -0.967. The fraction of sp³-hybridized carbons (Fsp3) is 0.0714. The first-order valence-corrected chi connectivity index (χ1v) is 5.50. The van der Waals surface area contributed by atoms with Crippen molar-refractivity contribution in [3.63, 3.8) is 0 Å². The van der Waals surface area contributed by atoms with Crippen molar-refractivity contribution in [2.75, 3.05) is 5.32 Å². The molecule has 0 aromatic heterocycles. The van der Waals surface area contributed by atoms with Crippen molar-refractivity contribution < 1.29 is 18.0 Å². The standard InChI is InChI=1S/C14H10F3NO/c1-8-5-9(15)7-10(6-8)18-14(19)13-11(16)3-2-4-12(13)17/h2-7H,1H3,(H,18,19). The molecular formula is C14H10F3NO. The lowest BCUT2D eigenvalue weighted by Crippen LogP contribution is -2.16. The van der Waals surface area contributed by atoms with Crippen LogP contribution in [0.25, 0.3) is 0 Å². The number of anilines is 1. The Balaban J connectivity index is 2.31. The van der Waals surface area contributed by atoms with Crippen molar-refractivity contribution in [3.8, 4) is 0 Å². The van der Waals surface area contributed by atoms with Crippen LogP contribution in [-0.2, 0) is 0 Å². The maximum Gasteiger partial charge on any atom is 0.261 e. The van der Waals surface area contributed by atoms with Crippen LogP contribution in [0.2, 0.25) is 0 Å². The molecule has 0 heterocycles. The Morgan fingerprint density at radius 1 is 1.05 bits per heavy atom. The van der Waals surface area contributed by atoms with Crippen LogP contribution in [-0.4, -0.2) is 5.91 Å². The first-order valence-electron chi connectivity index (χ1n) is 5.50. The molecule has 0 aliphatic carbocycles. The normalized spacial score (nSPS) is 10.3. The quantitative estimate of drug-likeness (QED) is 0.882. The van der Waals surface area contributed by atoms with Crippen LogP contribution in [0.3, 0.4) is 0 Å². The molecule has 1 N–H and O–H groups in total. The Labute approximate surface area is 107 Å². The number of amides is 1. The van der Waals surface area contributed by atoms with Gasteiger partial charge in [-0.15, -0.1) is 0 Å². The van der Waals surface area contributed by atoms with Crippen molar-refractivity contribution >= 4 is 11.6 Å². The Hall–Kier alpha value is -2.30. The molecule has 0 aliphatic heterocycles. The van der Waals surface area contributed by atoms with Gasteiger partial charge in [0.2, 0.25) is 0 Å². The van der Waals surface area contributed by atoms with Crippen molar-refractivity contribution in [2.24, 2.45) is 0 Å². The molecule has 19 heavy (non-hydrogen) atoms. The Kier molecular flexibility index (Phi) is 3.55. The Morgan fingerprint density at radius 3 is 2.26 bits per heavy atom. The van der Waals surface area contributed by atoms with E-state index in [-0.39, 0.29) is 5.69 Å². The summed E-state index contributed by atoms with van der Waals surface area (Å²) in [6.07, 6.45) is 0. The number of carbonyl (C=O) groups excluding carboxylic acids is 1. The van der Waals surface area contributed by atoms with E-state index in [1.807, 2.05) is 0 Å². The van der Waals surface area contributed by atoms with Gasteiger partial charge in [-0.2, -0.15) is 0 Å². The van der Waals surface area contributed by atoms with Crippen LogP contribution in [0.4, 0.5) is 18.9 Å². The molecule has 0 unspecified atom stereocenters. The van der Waals surface area contributed by atoms with E-state index in [2.05, 4.69) is 5.32 Å². The highest BCUT2D eigenvalue weighted by atomic mass is 19.1. The van der Waals surface area contributed by atoms with Crippen molar-refractivity contribution in [1.29, 1.82) is 0 Å². The predicted molar refractivity (Wildman–Crippen MR) is 65.4 cm³/mol. The number of halogens is 3. The van der Waals surface area contributed by atoms with Gasteiger partial charge in [0.15, 0.2) is 0 Å². The third-order valence-corrected chi connectivity index (χ3v) is 2.49. The van der Waals surface area contributed by atoms with Gasteiger partial charge in [0.05, 0.1) is 0 Å². The molecule has 0 bridgehead atoms. The zero-order valence-electron chi connectivity index (χ0n) is 10.0. The first kappa shape index (κ1) is 13.1. The monoisotopic (exact) mass is 265 g/mol. The van der Waals surface area contributed by atoms with Crippen molar-refractivity contribution in [2.45, 2.75) is 6.92 Å². The molecule has 0 atom stereocenters. The number of hydrogen-bond acceptors (Lipinski definition) is 1. The lowest BCUT2D eigenvalue weighted by Gasteiger charge is -2.08. The summed E-state index contributed by atoms with van der Waals surface area (Å²) in [6.45, 7) is 1.64. The second kappa shape index (κ2) is 5.14. The molecule has 2 aromatic carbocycles. The summed E-state index contributed by atoms with van der Waals surface area (Å²) >= 11 is 0. The summed E-state index contributed by atoms with van der Waals surface area (Å²) in [4.78, 5) is 11.8. The molecule has 0 radical (unpaired) electrons. The molecule has 5 heteroatoms. The smallest absolute Gasteiger partial charge is 0.261 e. The number of aryl methyl sites for hydroxylation is 1. The van der Waals surface area contributed by atoms with Gasteiger partial charge in [0.25, 0.3) is 5.91 Å². The third kappa shape index (κ3) is 2.93. The largest absolute Gasteiger partial charge is 0.322 e. The van der Waals surface area contributed by atoms with E-state index in [1.165, 1.54) is 12.1 Å². The average Bonchev–Trinajstić information content (AvgIpc) is 2.26. The second-order valence-electron chi connectivity index (χ2n) is 4.07. The maximum atomic E-state index is 13.4. The second-order valence-corrected chi connectivity index (χ2v) is 4.07. The molecule has 0 saturated carbocycles. The predicted octanol–water partition coefficient (Wildman–Crippen LogP) is 3.66. The highest BCUT2D eigenvalue weighted by Crippen LogP contribution is 2.17. The summed E-state index contributed by atoms with van der Waals surface area (Å²) < 4.78 is 39.9. The van der Waals surface area contributed by atoms with E-state index in [0.29, 0.717) is 5.56 Å². The van der Waals surface area contributed by atoms with E-state index in [4.69, 9.17) is 0 Å². The molecule has 0 fully saturated rings. The number of rotatable bonds is 2. The summed E-state index contributed by atoms with van der Waals surface area (Å²) in [6, 6.07) is 6.97. The van der Waals surface area contributed by atoms with Gasteiger partial charge >= 0.3 is 0 Å². The first-order chi connectivity index (χ1) is 8.97. The summed E-state index contributed by atoms with van der Waals surface area (Å²) in [5.41, 5.74) is 0.0406. The number of benzene rings is 2. The molecule has 0 saturated heterocycles. The van der Waals surface area contributed by atoms with E-state index in [0.717, 1.165) is 24.3 Å². The minimum absolute atomic E-state index is 0.144. The SMILES string of the molecule is Cc1cc(F)cc(NC(=O)c2c(F)cccc2F)c1. The minimum Gasteiger partial charge on any atom is -0.322 e. The van der Waals surface area contributed by atoms with Gasteiger partial charge in [0.1, 0.15) is 23.0 Å². The molecule has 2 rings (SSSR count). The lowest BCUT2D eigenvalue weighted by molar-refractivity contribution is 0.101. The molecular weight excluding hydrogens is 255 g/mol. The van der Waals surface area contributed by atoms with Gasteiger partial charge in [-0.25, -0.2) is 13.2 Å². The molecule has 2 nitrogen and oxygen atoms in total. The van der Waals surface area contributed by atoms with Crippen molar-refractivity contribution in [3.05, 3.63) is 65.0 Å². The fourth-order valence-corrected chi connectivity index (χ4v) is 1.72. The van der Waals surface area contributed by atoms with Crippen molar-refractivity contribution in [1.82, 2.24) is 0 Å². The Morgan fingerprint density at radius 2 is 1.68 bits per heavy atom. The fourth-order valence-electron chi connectivity index (χ4n) is 1.72. The maximum absolute atomic E-state index is 13.4. The lowest BCUT2D eigenvalue weighted by atomic mass is 10.1. The van der Waals surface area contributed by atoms with E-state index in [1.54, 1.807) is 6.92 Å². The number of carbonyl (C=O) groups is 1. The van der Waals surface area contributed by atoms with Gasteiger partial charge in [-0.1, -0.05) is 6.07 Å². The van der Waals surface area contributed by atoms with Crippen LogP contribution >= 0.6 is 0 Å². The zero-order chi connectivity index (χ0) is 14.0. The summed E-state index contributed by atoms with van der Waals surface area (Å²) in [5.74, 6) is -3.43. The van der Waals surface area contributed by atoms with E-state index in [9.17, 15) is 18.0 Å². The summed E-state index contributed by atoms with van der Waals surface area (Å²) in [5, 5.41) is 2.26. The molecule has 1 amide bonds. The van der Waals surface area contributed by atoms with Gasteiger partial charge in [0, 0.05) is 5.69 Å². The molecule has 0 aliphatic rings. The third-order valence-electron chi connectivity index (χ3n) is 2.49. The van der Waals surface area contributed by atoms with E-state index < -0.39 is 28.9 Å². The highest BCUT2D eigenvalue weighted by molar-refractivity contribution is 6.04. The Bertz CT molecular complexity index is 600. The van der Waals surface area contributed by atoms with Crippen LogP contribution in [0.15, 0.2) is 36.4 Å². The van der Waals surface area contributed by atoms with Gasteiger partial charge in [-0.3, -0.25) is 4.79 Å².